The largest absolute Gasteiger partial charge is 0.393 e. The molecule has 0 radical (unpaired) electrons. The zero-order valence-electron chi connectivity index (χ0n) is 11.1. The molecule has 2 aliphatic carbocycles. The molecule has 3 unspecified atom stereocenters. The molecular formula is C16H24O. The maximum Gasteiger partial charge on any atom is 0.0588 e. The lowest BCUT2D eigenvalue weighted by Crippen LogP contribution is -2.36. The highest BCUT2D eigenvalue weighted by Crippen LogP contribution is 2.52. The van der Waals surface area contributed by atoms with E-state index < -0.39 is 0 Å². The van der Waals surface area contributed by atoms with Crippen LogP contribution in [0.25, 0.3) is 0 Å². The molecule has 17 heavy (non-hydrogen) atoms. The lowest BCUT2D eigenvalue weighted by atomic mass is 9.60. The minimum atomic E-state index is -0.182. The van der Waals surface area contributed by atoms with Gasteiger partial charge in [0.25, 0.3) is 0 Å². The Bertz CT molecular complexity index is 377. The van der Waals surface area contributed by atoms with E-state index in [4.69, 9.17) is 0 Å². The highest BCUT2D eigenvalue weighted by molar-refractivity contribution is 5.35. The topological polar surface area (TPSA) is 20.2 Å². The predicted molar refractivity (Wildman–Crippen MR) is 72.7 cm³/mol. The summed E-state index contributed by atoms with van der Waals surface area (Å²) in [4.78, 5) is 0. The van der Waals surface area contributed by atoms with Crippen molar-refractivity contribution in [1.82, 2.24) is 0 Å². The lowest BCUT2D eigenvalue weighted by molar-refractivity contribution is 0.0894. The minimum Gasteiger partial charge on any atom is -0.393 e. The molecule has 1 nitrogen and oxygen atoms in total. The summed E-state index contributed by atoms with van der Waals surface area (Å²) in [6.45, 7) is 12.5. The number of hydrogen-bond donors (Lipinski definition) is 1. The van der Waals surface area contributed by atoms with E-state index in [0.717, 1.165) is 19.3 Å². The van der Waals surface area contributed by atoms with Crippen molar-refractivity contribution in [3.63, 3.8) is 0 Å². The molecule has 0 bridgehead atoms. The fourth-order valence-corrected chi connectivity index (χ4v) is 3.58. The van der Waals surface area contributed by atoms with E-state index >= 15 is 0 Å². The Morgan fingerprint density at radius 3 is 2.76 bits per heavy atom. The van der Waals surface area contributed by atoms with Crippen molar-refractivity contribution >= 4 is 0 Å². The fraction of sp³-hybridized carbons (Fsp3) is 0.625. The van der Waals surface area contributed by atoms with Crippen molar-refractivity contribution in [2.45, 2.75) is 52.1 Å². The average molecular weight is 232 g/mol. The first-order valence-corrected chi connectivity index (χ1v) is 6.64. The van der Waals surface area contributed by atoms with Gasteiger partial charge in [0, 0.05) is 0 Å². The van der Waals surface area contributed by atoms with Crippen molar-refractivity contribution in [3.05, 3.63) is 36.0 Å². The normalized spacial score (nSPS) is 37.6. The highest BCUT2D eigenvalue weighted by Gasteiger charge is 2.41. The van der Waals surface area contributed by atoms with E-state index in [1.54, 1.807) is 0 Å². The van der Waals surface area contributed by atoms with Gasteiger partial charge in [-0.05, 0) is 55.9 Å². The van der Waals surface area contributed by atoms with Crippen molar-refractivity contribution in [1.29, 1.82) is 0 Å². The first kappa shape index (κ1) is 12.6. The molecule has 1 N–H and O–H groups in total. The van der Waals surface area contributed by atoms with Crippen LogP contribution in [0.5, 0.6) is 0 Å². The van der Waals surface area contributed by atoms with Gasteiger partial charge in [0.2, 0.25) is 0 Å². The van der Waals surface area contributed by atoms with Crippen molar-refractivity contribution in [3.8, 4) is 0 Å². The number of rotatable bonds is 2. The Labute approximate surface area is 105 Å². The van der Waals surface area contributed by atoms with E-state index in [9.17, 15) is 5.11 Å². The van der Waals surface area contributed by atoms with Crippen molar-refractivity contribution in [2.24, 2.45) is 11.3 Å². The van der Waals surface area contributed by atoms with Gasteiger partial charge in [-0.1, -0.05) is 37.3 Å². The van der Waals surface area contributed by atoms with E-state index in [1.165, 1.54) is 29.6 Å². The van der Waals surface area contributed by atoms with Gasteiger partial charge in [-0.25, -0.2) is 0 Å². The molecule has 0 amide bonds. The van der Waals surface area contributed by atoms with Gasteiger partial charge in [-0.3, -0.25) is 0 Å². The van der Waals surface area contributed by atoms with Gasteiger partial charge in [-0.15, -0.1) is 0 Å². The van der Waals surface area contributed by atoms with Gasteiger partial charge >= 0.3 is 0 Å². The smallest absolute Gasteiger partial charge is 0.0588 e. The van der Waals surface area contributed by atoms with Gasteiger partial charge in [0.1, 0.15) is 0 Å². The molecule has 0 aliphatic heterocycles. The summed E-state index contributed by atoms with van der Waals surface area (Å²) in [6, 6.07) is 0. The molecule has 0 saturated heterocycles. The fourth-order valence-electron chi connectivity index (χ4n) is 3.58. The molecule has 1 heteroatoms. The van der Waals surface area contributed by atoms with Crippen LogP contribution in [0.4, 0.5) is 0 Å². The maximum atomic E-state index is 9.99. The number of hydrogen-bond acceptors (Lipinski definition) is 1. The Morgan fingerprint density at radius 2 is 2.18 bits per heavy atom. The van der Waals surface area contributed by atoms with E-state index in [-0.39, 0.29) is 11.5 Å². The third kappa shape index (κ3) is 2.26. The minimum absolute atomic E-state index is 0.182. The van der Waals surface area contributed by atoms with E-state index in [1.807, 2.05) is 6.08 Å². The Morgan fingerprint density at radius 1 is 1.47 bits per heavy atom. The van der Waals surface area contributed by atoms with Crippen LogP contribution < -0.4 is 0 Å². The van der Waals surface area contributed by atoms with Crippen LogP contribution in [0.2, 0.25) is 0 Å². The molecule has 0 aromatic carbocycles. The molecule has 1 saturated carbocycles. The van der Waals surface area contributed by atoms with E-state index in [2.05, 4.69) is 27.0 Å². The van der Waals surface area contributed by atoms with Crippen LogP contribution in [0.3, 0.4) is 0 Å². The molecule has 3 atom stereocenters. The van der Waals surface area contributed by atoms with Gasteiger partial charge in [0.15, 0.2) is 0 Å². The Balaban J connectivity index is 2.35. The third-order valence-electron chi connectivity index (χ3n) is 4.70. The quantitative estimate of drug-likeness (QED) is 0.713. The standard InChI is InChI=1S/C16H24O/c1-5-12-8-14(17)10-16(4)7-6-13(11(2)3)9-15(12)16/h5,13-14,17H,1-2,6-10H2,3-4H3. The SMILES string of the molecule is C=CC1=C2CC(C(=C)C)CCC2(C)CC(O)C1. The van der Waals surface area contributed by atoms with E-state index in [0.29, 0.717) is 5.92 Å². The second-order valence-electron chi connectivity index (χ2n) is 6.12. The highest BCUT2D eigenvalue weighted by atomic mass is 16.3. The summed E-state index contributed by atoms with van der Waals surface area (Å²) in [5.41, 5.74) is 4.33. The second-order valence-corrected chi connectivity index (χ2v) is 6.12. The van der Waals surface area contributed by atoms with Crippen molar-refractivity contribution in [2.75, 3.05) is 0 Å². The number of aliphatic hydroxyl groups excluding tert-OH is 1. The van der Waals surface area contributed by atoms with Crippen LogP contribution in [-0.2, 0) is 0 Å². The van der Waals surface area contributed by atoms with Crippen LogP contribution in [0, 0.1) is 11.3 Å². The molecule has 0 heterocycles. The molecule has 1 fully saturated rings. The van der Waals surface area contributed by atoms with Crippen molar-refractivity contribution < 1.29 is 5.11 Å². The average Bonchev–Trinajstić information content (AvgIpc) is 2.25. The van der Waals surface area contributed by atoms with Gasteiger partial charge in [0.05, 0.1) is 6.10 Å². The summed E-state index contributed by atoms with van der Waals surface area (Å²) >= 11 is 0. The summed E-state index contributed by atoms with van der Waals surface area (Å²) < 4.78 is 0. The first-order valence-electron chi connectivity index (χ1n) is 6.64. The Hall–Kier alpha value is -0.820. The zero-order valence-corrected chi connectivity index (χ0v) is 11.1. The molecule has 0 spiro atoms. The second kappa shape index (κ2) is 4.45. The summed E-state index contributed by atoms with van der Waals surface area (Å²) in [6.07, 6.45) is 7.00. The molecule has 2 aliphatic rings. The van der Waals surface area contributed by atoms with Gasteiger partial charge < -0.3 is 5.11 Å². The monoisotopic (exact) mass is 232 g/mol. The van der Waals surface area contributed by atoms with Crippen LogP contribution in [-0.4, -0.2) is 11.2 Å². The Kier molecular flexibility index (Phi) is 3.31. The van der Waals surface area contributed by atoms with Crippen LogP contribution in [0.1, 0.15) is 46.0 Å². The number of aliphatic hydroxyl groups is 1. The predicted octanol–water partition coefficient (Wildman–Crippen LogP) is 4.01. The molecular weight excluding hydrogens is 208 g/mol. The molecule has 94 valence electrons. The zero-order chi connectivity index (χ0) is 12.6. The summed E-state index contributed by atoms with van der Waals surface area (Å²) in [5.74, 6) is 0.628. The number of fused-ring (bicyclic) bond motifs is 1. The van der Waals surface area contributed by atoms with Crippen LogP contribution >= 0.6 is 0 Å². The maximum absolute atomic E-state index is 9.99. The molecule has 0 aromatic heterocycles. The third-order valence-corrected chi connectivity index (χ3v) is 4.70. The van der Waals surface area contributed by atoms with Gasteiger partial charge in [-0.2, -0.15) is 0 Å². The van der Waals surface area contributed by atoms with Crippen LogP contribution in [0.15, 0.2) is 36.0 Å². The lowest BCUT2D eigenvalue weighted by Gasteiger charge is -2.45. The summed E-state index contributed by atoms with van der Waals surface area (Å²) in [5, 5.41) is 9.99. The summed E-state index contributed by atoms with van der Waals surface area (Å²) in [7, 11) is 0. The first-order chi connectivity index (χ1) is 7.96. The molecule has 2 rings (SSSR count). The molecule has 0 aromatic rings. The number of allylic oxidation sites excluding steroid dienone is 3.